The molecule has 0 saturated carbocycles. The van der Waals surface area contributed by atoms with Crippen LogP contribution in [0.5, 0.6) is 5.75 Å². The largest absolute Gasteiger partial charge is 0.497 e. The summed E-state index contributed by atoms with van der Waals surface area (Å²) in [6.45, 7) is 4.51. The van der Waals surface area contributed by atoms with Crippen LogP contribution in [0, 0.1) is 4.77 Å². The van der Waals surface area contributed by atoms with Gasteiger partial charge in [-0.05, 0) is 48.1 Å². The van der Waals surface area contributed by atoms with Crippen LogP contribution in [0.4, 0.5) is 0 Å². The van der Waals surface area contributed by atoms with Crippen molar-refractivity contribution in [3.8, 4) is 17.1 Å². The van der Waals surface area contributed by atoms with Crippen LogP contribution in [-0.2, 0) is 19.8 Å². The number of nitrogens with zero attached hydrogens (tertiary/aromatic N) is 3. The summed E-state index contributed by atoms with van der Waals surface area (Å²) in [7, 11) is 3.87. The Morgan fingerprint density at radius 2 is 1.73 bits per heavy atom. The Morgan fingerprint density at radius 1 is 1.00 bits per heavy atom. The first-order valence-corrected chi connectivity index (χ1v) is 10.6. The van der Waals surface area contributed by atoms with E-state index in [0.717, 1.165) is 35.0 Å². The minimum absolute atomic E-state index is 0.715. The lowest BCUT2D eigenvalue weighted by Gasteiger charge is -2.14. The molecule has 1 aromatic heterocycles. The quantitative estimate of drug-likeness (QED) is 0.461. The Hall–Kier alpha value is -2.96. The van der Waals surface area contributed by atoms with Gasteiger partial charge in [0.05, 0.1) is 14.2 Å². The smallest absolute Gasteiger partial charge is 0.203 e. The zero-order chi connectivity index (χ0) is 21.1. The third-order valence-electron chi connectivity index (χ3n) is 5.31. The summed E-state index contributed by atoms with van der Waals surface area (Å²) in [6.07, 6.45) is 0. The first-order chi connectivity index (χ1) is 14.6. The Bertz CT molecular complexity index is 1210. The van der Waals surface area contributed by atoms with Gasteiger partial charge in [0.15, 0.2) is 12.5 Å². The van der Waals surface area contributed by atoms with E-state index in [1.54, 1.807) is 7.11 Å². The number of aromatic nitrogens is 3. The van der Waals surface area contributed by atoms with Gasteiger partial charge in [-0.2, -0.15) is 4.68 Å². The summed E-state index contributed by atoms with van der Waals surface area (Å²) in [6, 6.07) is 23.0. The normalized spacial score (nSPS) is 12.2. The van der Waals surface area contributed by atoms with E-state index in [2.05, 4.69) is 61.0 Å². The summed E-state index contributed by atoms with van der Waals surface area (Å²) < 4.78 is 10.1. The number of hydrogen-bond donors (Lipinski definition) is 1. The van der Waals surface area contributed by atoms with E-state index in [1.165, 1.54) is 21.2 Å². The number of nitrogens with one attached hydrogen (secondary N) is 1. The number of hydrogen-bond acceptors (Lipinski definition) is 3. The Morgan fingerprint density at radius 3 is 2.47 bits per heavy atom. The van der Waals surface area contributed by atoms with Gasteiger partial charge in [0.25, 0.3) is 0 Å². The van der Waals surface area contributed by atoms with Gasteiger partial charge in [0, 0.05) is 17.7 Å². The topological polar surface area (TPSA) is 36.4 Å². The van der Waals surface area contributed by atoms with Crippen LogP contribution in [0.1, 0.15) is 12.5 Å². The number of rotatable bonds is 7. The van der Waals surface area contributed by atoms with Gasteiger partial charge in [-0.1, -0.05) is 48.5 Å². The van der Waals surface area contributed by atoms with Gasteiger partial charge in [0.1, 0.15) is 12.3 Å². The first kappa shape index (κ1) is 20.3. The van der Waals surface area contributed by atoms with Gasteiger partial charge in [-0.3, -0.25) is 0 Å². The standard InChI is InChI=1S/C24H26N4OS/c1-4-27-23(19-8-6-5-7-9-19)25-28(24(27)30)17-26(2)16-18-10-11-21-15-22(29-3)13-12-20(21)14-18/h5-15H,4,16-17H2,1-3H3/p+1. The summed E-state index contributed by atoms with van der Waals surface area (Å²) >= 11 is 5.72. The van der Waals surface area contributed by atoms with Crippen LogP contribution in [0.2, 0.25) is 0 Å². The summed E-state index contributed by atoms with van der Waals surface area (Å²) in [5.41, 5.74) is 2.38. The van der Waals surface area contributed by atoms with Crippen LogP contribution < -0.4 is 9.64 Å². The molecule has 1 atom stereocenters. The lowest BCUT2D eigenvalue weighted by atomic mass is 10.1. The third-order valence-corrected chi connectivity index (χ3v) is 5.74. The predicted molar refractivity (Wildman–Crippen MR) is 123 cm³/mol. The van der Waals surface area contributed by atoms with Crippen LogP contribution in [0.25, 0.3) is 22.2 Å². The molecule has 154 valence electrons. The van der Waals surface area contributed by atoms with Gasteiger partial charge in [0.2, 0.25) is 4.77 Å². The van der Waals surface area contributed by atoms with Crippen molar-refractivity contribution in [2.24, 2.45) is 0 Å². The Balaban J connectivity index is 1.54. The second kappa shape index (κ2) is 8.81. The summed E-state index contributed by atoms with van der Waals surface area (Å²) in [5.74, 6) is 1.81. The minimum atomic E-state index is 0.715. The average Bonchev–Trinajstić information content (AvgIpc) is 3.09. The van der Waals surface area contributed by atoms with Gasteiger partial charge < -0.3 is 14.2 Å². The monoisotopic (exact) mass is 419 g/mol. The van der Waals surface area contributed by atoms with E-state index in [-0.39, 0.29) is 0 Å². The highest BCUT2D eigenvalue weighted by atomic mass is 32.1. The number of benzene rings is 3. The molecule has 0 aliphatic heterocycles. The molecule has 0 radical (unpaired) electrons. The molecular formula is C24H27N4OS+. The van der Waals surface area contributed by atoms with Crippen LogP contribution in [0.3, 0.4) is 0 Å². The summed E-state index contributed by atoms with van der Waals surface area (Å²) in [4.78, 5) is 1.32. The van der Waals surface area contributed by atoms with E-state index in [4.69, 9.17) is 22.1 Å². The number of quaternary nitrogens is 1. The first-order valence-electron chi connectivity index (χ1n) is 10.2. The molecule has 0 amide bonds. The molecule has 0 bridgehead atoms. The van der Waals surface area contributed by atoms with Crippen molar-refractivity contribution in [2.75, 3.05) is 14.2 Å². The van der Waals surface area contributed by atoms with E-state index in [9.17, 15) is 0 Å². The fourth-order valence-electron chi connectivity index (χ4n) is 3.80. The molecule has 0 fully saturated rings. The van der Waals surface area contributed by atoms with Crippen molar-refractivity contribution >= 4 is 23.0 Å². The second-order valence-electron chi connectivity index (χ2n) is 7.56. The maximum absolute atomic E-state index is 5.72. The fourth-order valence-corrected chi connectivity index (χ4v) is 4.12. The molecular weight excluding hydrogens is 392 g/mol. The molecule has 0 saturated heterocycles. The van der Waals surface area contributed by atoms with Crippen molar-refractivity contribution in [3.05, 3.63) is 77.1 Å². The molecule has 5 nitrogen and oxygen atoms in total. The van der Waals surface area contributed by atoms with Gasteiger partial charge in [-0.15, -0.1) is 5.10 Å². The molecule has 30 heavy (non-hydrogen) atoms. The highest BCUT2D eigenvalue weighted by molar-refractivity contribution is 7.71. The number of ether oxygens (including phenoxy) is 1. The second-order valence-corrected chi connectivity index (χ2v) is 7.92. The van der Waals surface area contributed by atoms with Gasteiger partial charge in [-0.25, -0.2) is 0 Å². The lowest BCUT2D eigenvalue weighted by molar-refractivity contribution is -0.917. The fraction of sp³-hybridized carbons (Fsp3) is 0.250. The maximum atomic E-state index is 5.72. The zero-order valence-corrected chi connectivity index (χ0v) is 18.4. The molecule has 0 aliphatic carbocycles. The Labute approximate surface area is 182 Å². The van der Waals surface area contributed by atoms with Crippen LogP contribution >= 0.6 is 12.2 Å². The van der Waals surface area contributed by atoms with Crippen molar-refractivity contribution in [1.82, 2.24) is 14.3 Å². The molecule has 4 aromatic rings. The molecule has 3 aromatic carbocycles. The minimum Gasteiger partial charge on any atom is -0.497 e. The molecule has 1 N–H and O–H groups in total. The summed E-state index contributed by atoms with van der Waals surface area (Å²) in [5, 5.41) is 7.25. The highest BCUT2D eigenvalue weighted by Gasteiger charge is 2.14. The predicted octanol–water partition coefficient (Wildman–Crippen LogP) is 3.94. The van der Waals surface area contributed by atoms with E-state index in [1.807, 2.05) is 28.9 Å². The van der Waals surface area contributed by atoms with E-state index >= 15 is 0 Å². The van der Waals surface area contributed by atoms with Crippen LogP contribution in [0.15, 0.2) is 66.7 Å². The highest BCUT2D eigenvalue weighted by Crippen LogP contribution is 2.22. The molecule has 0 aliphatic rings. The van der Waals surface area contributed by atoms with Crippen molar-refractivity contribution in [1.29, 1.82) is 0 Å². The van der Waals surface area contributed by atoms with Crippen LogP contribution in [-0.4, -0.2) is 28.5 Å². The Kier molecular flexibility index (Phi) is 5.97. The van der Waals surface area contributed by atoms with Crippen molar-refractivity contribution < 1.29 is 9.64 Å². The lowest BCUT2D eigenvalue weighted by Crippen LogP contribution is -3.07. The van der Waals surface area contributed by atoms with E-state index in [0.29, 0.717) is 6.67 Å². The molecule has 4 rings (SSSR count). The number of fused-ring (bicyclic) bond motifs is 1. The zero-order valence-electron chi connectivity index (χ0n) is 17.6. The number of methoxy groups -OCH3 is 1. The molecule has 6 heteroatoms. The molecule has 1 heterocycles. The van der Waals surface area contributed by atoms with E-state index < -0.39 is 0 Å². The molecule has 1 unspecified atom stereocenters. The van der Waals surface area contributed by atoms with Crippen molar-refractivity contribution in [3.63, 3.8) is 0 Å². The van der Waals surface area contributed by atoms with Gasteiger partial charge >= 0.3 is 0 Å². The average molecular weight is 420 g/mol. The third kappa shape index (κ3) is 4.15. The molecule has 0 spiro atoms. The van der Waals surface area contributed by atoms with Crippen molar-refractivity contribution in [2.45, 2.75) is 26.7 Å². The SMILES string of the molecule is CCn1c(-c2ccccc2)nn(C[NH+](C)Cc2ccc3cc(OC)ccc3c2)c1=S. The maximum Gasteiger partial charge on any atom is 0.203 e.